The number of rotatable bonds is 4. The van der Waals surface area contributed by atoms with Crippen LogP contribution in [0.15, 0.2) is 48.5 Å². The number of benzene rings is 2. The van der Waals surface area contributed by atoms with Gasteiger partial charge in [0.15, 0.2) is 15.5 Å². The minimum absolute atomic E-state index is 0.207. The number of aromatic carboxylic acids is 1. The second kappa shape index (κ2) is 7.64. The van der Waals surface area contributed by atoms with Crippen LogP contribution in [0.5, 0.6) is 0 Å². The van der Waals surface area contributed by atoms with Crippen molar-refractivity contribution in [3.63, 3.8) is 0 Å². The average molecular weight is 440 g/mol. The van der Waals surface area contributed by atoms with Gasteiger partial charge in [0.05, 0.1) is 22.5 Å². The summed E-state index contributed by atoms with van der Waals surface area (Å²) in [6.45, 7) is 5.28. The van der Waals surface area contributed by atoms with Crippen molar-refractivity contribution in [3.8, 4) is 0 Å². The number of hydrogen-bond acceptors (Lipinski definition) is 4. The van der Waals surface area contributed by atoms with E-state index in [0.29, 0.717) is 18.7 Å². The van der Waals surface area contributed by atoms with Gasteiger partial charge in [-0.05, 0) is 49.8 Å². The molecular weight excluding hydrogens is 412 g/mol. The van der Waals surface area contributed by atoms with Crippen molar-refractivity contribution < 1.29 is 22.9 Å². The van der Waals surface area contributed by atoms with Crippen LogP contribution in [-0.4, -0.2) is 61.4 Å². The second-order valence-corrected chi connectivity index (χ2v) is 11.0. The fourth-order valence-corrected chi connectivity index (χ4v) is 5.61. The Morgan fingerprint density at radius 3 is 2.32 bits per heavy atom. The van der Waals surface area contributed by atoms with Crippen LogP contribution in [0.1, 0.15) is 35.3 Å². The standard InChI is InChI=1S/C24H26N2O4S/c1-24(2)20-16-18(23(27)28)7-10-21(20)25(3)22(24)11-6-17-4-8-19(9-5-17)26-12-14-31(29,30)15-13-26/h4-11,16H,12-15H2,1-3H3/p+1. The molecule has 1 saturated heterocycles. The predicted octanol–water partition coefficient (Wildman–Crippen LogP) is 3.34. The lowest BCUT2D eigenvalue weighted by Gasteiger charge is -2.28. The van der Waals surface area contributed by atoms with E-state index < -0.39 is 15.8 Å². The van der Waals surface area contributed by atoms with E-state index in [1.165, 1.54) is 0 Å². The fourth-order valence-electron chi connectivity index (χ4n) is 4.41. The Morgan fingerprint density at radius 1 is 1.06 bits per heavy atom. The van der Waals surface area contributed by atoms with Gasteiger partial charge in [0.1, 0.15) is 7.05 Å². The maximum atomic E-state index is 11.6. The molecule has 0 spiro atoms. The molecule has 6 nitrogen and oxygen atoms in total. The van der Waals surface area contributed by atoms with Gasteiger partial charge in [-0.15, -0.1) is 0 Å². The maximum Gasteiger partial charge on any atom is 0.335 e. The SMILES string of the molecule is C[N+]1=C(/C=C/c2ccc(N3CCS(=O)(=O)CC3)cc2)C(C)(C)c2cc(C(=O)O)ccc21. The molecule has 4 rings (SSSR count). The van der Waals surface area contributed by atoms with Crippen molar-refractivity contribution in [3.05, 3.63) is 65.2 Å². The van der Waals surface area contributed by atoms with E-state index in [9.17, 15) is 18.3 Å². The molecule has 31 heavy (non-hydrogen) atoms. The van der Waals surface area contributed by atoms with E-state index in [1.54, 1.807) is 12.1 Å². The van der Waals surface area contributed by atoms with Crippen LogP contribution in [0.4, 0.5) is 11.4 Å². The molecule has 2 aliphatic heterocycles. The lowest BCUT2D eigenvalue weighted by atomic mass is 9.80. The molecule has 7 heteroatoms. The molecule has 0 amide bonds. The predicted molar refractivity (Wildman–Crippen MR) is 124 cm³/mol. The van der Waals surface area contributed by atoms with Crippen LogP contribution >= 0.6 is 0 Å². The molecule has 1 fully saturated rings. The Hall–Kier alpha value is -2.93. The summed E-state index contributed by atoms with van der Waals surface area (Å²) in [6.07, 6.45) is 4.14. The average Bonchev–Trinajstić information content (AvgIpc) is 2.92. The van der Waals surface area contributed by atoms with Gasteiger partial charge in [-0.25, -0.2) is 13.2 Å². The topological polar surface area (TPSA) is 77.7 Å². The Morgan fingerprint density at radius 2 is 1.71 bits per heavy atom. The van der Waals surface area contributed by atoms with Crippen molar-refractivity contribution in [1.29, 1.82) is 0 Å². The number of carbonyl (C=O) groups is 1. The Bertz CT molecular complexity index is 1190. The molecule has 0 radical (unpaired) electrons. The summed E-state index contributed by atoms with van der Waals surface area (Å²) in [5.74, 6) is -0.506. The zero-order chi connectivity index (χ0) is 22.4. The summed E-state index contributed by atoms with van der Waals surface area (Å²) in [5.41, 5.74) is 5.18. The molecule has 162 valence electrons. The van der Waals surface area contributed by atoms with Crippen LogP contribution in [0.3, 0.4) is 0 Å². The van der Waals surface area contributed by atoms with E-state index in [1.807, 2.05) is 37.4 Å². The molecule has 1 N–H and O–H groups in total. The second-order valence-electron chi connectivity index (χ2n) is 8.67. The first kappa shape index (κ1) is 21.3. The van der Waals surface area contributed by atoms with Crippen LogP contribution in [0.2, 0.25) is 0 Å². The minimum atomic E-state index is -2.89. The Balaban J connectivity index is 1.54. The van der Waals surface area contributed by atoms with Gasteiger partial charge >= 0.3 is 5.97 Å². The van der Waals surface area contributed by atoms with Crippen molar-refractivity contribution in [2.24, 2.45) is 0 Å². The number of carboxylic acids is 1. The molecule has 0 aliphatic carbocycles. The first-order valence-electron chi connectivity index (χ1n) is 10.3. The molecular formula is C24H27N2O4S+. The quantitative estimate of drug-likeness (QED) is 0.740. The van der Waals surface area contributed by atoms with Crippen molar-refractivity contribution in [2.75, 3.05) is 36.5 Å². The van der Waals surface area contributed by atoms with E-state index in [2.05, 4.69) is 35.5 Å². The van der Waals surface area contributed by atoms with Crippen molar-refractivity contribution >= 4 is 39.0 Å². The van der Waals surface area contributed by atoms with Gasteiger partial charge < -0.3 is 10.0 Å². The normalized spacial score (nSPS) is 19.6. The zero-order valence-electron chi connectivity index (χ0n) is 18.0. The number of sulfone groups is 1. The molecule has 0 saturated carbocycles. The van der Waals surface area contributed by atoms with Crippen LogP contribution < -0.4 is 4.90 Å². The van der Waals surface area contributed by atoms with Crippen LogP contribution in [0, 0.1) is 0 Å². The van der Waals surface area contributed by atoms with Crippen molar-refractivity contribution in [1.82, 2.24) is 0 Å². The van der Waals surface area contributed by atoms with Crippen molar-refractivity contribution in [2.45, 2.75) is 19.3 Å². The number of hydrogen-bond donors (Lipinski definition) is 1. The third-order valence-corrected chi connectivity index (χ3v) is 7.93. The van der Waals surface area contributed by atoms with Crippen LogP contribution in [0.25, 0.3) is 6.08 Å². The molecule has 0 unspecified atom stereocenters. The van der Waals surface area contributed by atoms with Gasteiger partial charge in [-0.3, -0.25) is 0 Å². The number of nitrogens with zero attached hydrogens (tertiary/aromatic N) is 2. The maximum absolute atomic E-state index is 11.6. The molecule has 2 aliphatic rings. The van der Waals surface area contributed by atoms with E-state index in [-0.39, 0.29) is 16.9 Å². The Kier molecular flexibility index (Phi) is 5.25. The lowest BCUT2D eigenvalue weighted by Crippen LogP contribution is -2.40. The lowest BCUT2D eigenvalue weighted by molar-refractivity contribution is -0.401. The first-order chi connectivity index (χ1) is 14.6. The summed E-state index contributed by atoms with van der Waals surface area (Å²) in [7, 11) is -0.888. The number of carboxylic acid groups (broad SMARTS) is 1. The molecule has 0 aromatic heterocycles. The minimum Gasteiger partial charge on any atom is -0.478 e. The van der Waals surface area contributed by atoms with E-state index in [4.69, 9.17) is 0 Å². The first-order valence-corrected chi connectivity index (χ1v) is 12.1. The highest BCUT2D eigenvalue weighted by Crippen LogP contribution is 2.40. The van der Waals surface area contributed by atoms with Gasteiger partial charge in [0, 0.05) is 36.5 Å². The molecule has 0 atom stereocenters. The summed E-state index contributed by atoms with van der Waals surface area (Å²) < 4.78 is 25.4. The fraction of sp³-hybridized carbons (Fsp3) is 0.333. The van der Waals surface area contributed by atoms with Gasteiger partial charge in [0.25, 0.3) is 0 Å². The van der Waals surface area contributed by atoms with E-state index in [0.717, 1.165) is 28.2 Å². The summed E-state index contributed by atoms with van der Waals surface area (Å²) >= 11 is 0. The molecule has 2 heterocycles. The third kappa shape index (κ3) is 4.02. The van der Waals surface area contributed by atoms with Crippen LogP contribution in [-0.2, 0) is 15.3 Å². The molecule has 2 aromatic rings. The largest absolute Gasteiger partial charge is 0.478 e. The highest BCUT2D eigenvalue weighted by atomic mass is 32.2. The van der Waals surface area contributed by atoms with Gasteiger partial charge in [-0.2, -0.15) is 4.58 Å². The third-order valence-electron chi connectivity index (χ3n) is 6.32. The molecule has 2 aromatic carbocycles. The number of allylic oxidation sites excluding steroid dienone is 1. The number of anilines is 1. The summed E-state index contributed by atoms with van der Waals surface area (Å²) in [4.78, 5) is 13.5. The summed E-state index contributed by atoms with van der Waals surface area (Å²) in [6, 6.07) is 13.4. The number of fused-ring (bicyclic) bond motifs is 1. The zero-order valence-corrected chi connectivity index (χ0v) is 18.8. The monoisotopic (exact) mass is 439 g/mol. The molecule has 0 bridgehead atoms. The Labute approximate surface area is 183 Å². The smallest absolute Gasteiger partial charge is 0.335 e. The van der Waals surface area contributed by atoms with Gasteiger partial charge in [-0.1, -0.05) is 12.1 Å². The highest BCUT2D eigenvalue weighted by Gasteiger charge is 2.43. The summed E-state index contributed by atoms with van der Waals surface area (Å²) in [5, 5.41) is 9.34. The van der Waals surface area contributed by atoms with Gasteiger partial charge in [0.2, 0.25) is 5.69 Å². The highest BCUT2D eigenvalue weighted by molar-refractivity contribution is 7.91. The van der Waals surface area contributed by atoms with E-state index >= 15 is 0 Å².